The summed E-state index contributed by atoms with van der Waals surface area (Å²) in [7, 11) is 1.72. The summed E-state index contributed by atoms with van der Waals surface area (Å²) in [5.74, 6) is 0.926. The first-order chi connectivity index (χ1) is 10.3. The van der Waals surface area contributed by atoms with Gasteiger partial charge in [0.2, 0.25) is 0 Å². The van der Waals surface area contributed by atoms with Gasteiger partial charge < -0.3 is 10.1 Å². The number of thioether (sulfide) groups is 1. The molecule has 0 aromatic heterocycles. The summed E-state index contributed by atoms with van der Waals surface area (Å²) in [5, 5.41) is 4.18. The van der Waals surface area contributed by atoms with E-state index in [0.29, 0.717) is 11.3 Å². The summed E-state index contributed by atoms with van der Waals surface area (Å²) < 4.78 is 5.33. The van der Waals surface area contributed by atoms with Gasteiger partial charge in [-0.15, -0.1) is 11.8 Å². The second kappa shape index (κ2) is 6.54. The van der Waals surface area contributed by atoms with Gasteiger partial charge in [-0.3, -0.25) is 0 Å². The van der Waals surface area contributed by atoms with Crippen molar-refractivity contribution in [1.82, 2.24) is 5.32 Å². The van der Waals surface area contributed by atoms with Crippen LogP contribution in [0.3, 0.4) is 0 Å². The standard InChI is InChI=1S/C18H21NOS/c1-3-19-18-16-10-5-4-7-13(16)11-17(18)21-15-9-6-8-14(12-15)20-2/h4-10,12,17-19H,3,11H2,1-2H3. The minimum atomic E-state index is 0.433. The maximum Gasteiger partial charge on any atom is 0.119 e. The van der Waals surface area contributed by atoms with Gasteiger partial charge in [0.1, 0.15) is 5.75 Å². The quantitative estimate of drug-likeness (QED) is 0.899. The molecule has 2 aromatic rings. The molecule has 0 saturated heterocycles. The van der Waals surface area contributed by atoms with E-state index in [4.69, 9.17) is 4.74 Å². The predicted octanol–water partition coefficient (Wildman–Crippen LogP) is 4.06. The highest BCUT2D eigenvalue weighted by molar-refractivity contribution is 8.00. The van der Waals surface area contributed by atoms with Crippen LogP contribution in [-0.4, -0.2) is 18.9 Å². The molecule has 3 heteroatoms. The van der Waals surface area contributed by atoms with Crippen molar-refractivity contribution in [3.8, 4) is 5.75 Å². The third-order valence-electron chi connectivity index (χ3n) is 3.94. The minimum Gasteiger partial charge on any atom is -0.497 e. The number of ether oxygens (including phenoxy) is 1. The van der Waals surface area contributed by atoms with E-state index in [9.17, 15) is 0 Å². The average Bonchev–Trinajstić information content (AvgIpc) is 2.86. The Kier molecular flexibility index (Phi) is 4.51. The van der Waals surface area contributed by atoms with Gasteiger partial charge in [0.05, 0.1) is 7.11 Å². The molecule has 0 heterocycles. The molecular formula is C18H21NOS. The number of benzene rings is 2. The molecule has 21 heavy (non-hydrogen) atoms. The molecule has 2 unspecified atom stereocenters. The zero-order valence-corrected chi connectivity index (χ0v) is 13.3. The fourth-order valence-electron chi connectivity index (χ4n) is 2.98. The lowest BCUT2D eigenvalue weighted by Crippen LogP contribution is -2.26. The lowest BCUT2D eigenvalue weighted by Gasteiger charge is -2.21. The van der Waals surface area contributed by atoms with Crippen molar-refractivity contribution in [3.63, 3.8) is 0 Å². The lowest BCUT2D eigenvalue weighted by atomic mass is 10.1. The normalized spacial score (nSPS) is 20.3. The van der Waals surface area contributed by atoms with Crippen molar-refractivity contribution in [2.24, 2.45) is 0 Å². The molecule has 0 fully saturated rings. The van der Waals surface area contributed by atoms with Crippen LogP contribution in [0, 0.1) is 0 Å². The Morgan fingerprint density at radius 3 is 2.86 bits per heavy atom. The third kappa shape index (κ3) is 3.09. The summed E-state index contributed by atoms with van der Waals surface area (Å²) in [6, 6.07) is 17.6. The van der Waals surface area contributed by atoms with Crippen LogP contribution in [0.2, 0.25) is 0 Å². The SMILES string of the molecule is CCNC1c2ccccc2CC1Sc1cccc(OC)c1. The number of hydrogen-bond acceptors (Lipinski definition) is 3. The molecule has 0 aliphatic heterocycles. The lowest BCUT2D eigenvalue weighted by molar-refractivity contribution is 0.413. The molecule has 0 radical (unpaired) electrons. The van der Waals surface area contributed by atoms with Crippen LogP contribution in [0.4, 0.5) is 0 Å². The summed E-state index contributed by atoms with van der Waals surface area (Å²) in [6.07, 6.45) is 1.12. The maximum atomic E-state index is 5.33. The molecule has 2 aromatic carbocycles. The van der Waals surface area contributed by atoms with E-state index < -0.39 is 0 Å². The van der Waals surface area contributed by atoms with Crippen molar-refractivity contribution >= 4 is 11.8 Å². The van der Waals surface area contributed by atoms with Crippen LogP contribution in [0.25, 0.3) is 0 Å². The van der Waals surface area contributed by atoms with Gasteiger partial charge >= 0.3 is 0 Å². The van der Waals surface area contributed by atoms with Gasteiger partial charge in [0.15, 0.2) is 0 Å². The topological polar surface area (TPSA) is 21.3 Å². The molecule has 0 saturated carbocycles. The molecular weight excluding hydrogens is 278 g/mol. The molecule has 3 rings (SSSR count). The van der Waals surface area contributed by atoms with Gasteiger partial charge in [0.25, 0.3) is 0 Å². The zero-order valence-electron chi connectivity index (χ0n) is 12.5. The second-order valence-corrected chi connectivity index (χ2v) is 6.59. The number of methoxy groups -OCH3 is 1. The van der Waals surface area contributed by atoms with Crippen molar-refractivity contribution in [1.29, 1.82) is 0 Å². The zero-order chi connectivity index (χ0) is 14.7. The smallest absolute Gasteiger partial charge is 0.119 e. The molecule has 1 aliphatic rings. The molecule has 0 amide bonds. The first kappa shape index (κ1) is 14.5. The average molecular weight is 299 g/mol. The Morgan fingerprint density at radius 1 is 1.19 bits per heavy atom. The Bertz CT molecular complexity index is 614. The molecule has 2 atom stereocenters. The van der Waals surface area contributed by atoms with E-state index in [1.54, 1.807) is 7.11 Å². The largest absolute Gasteiger partial charge is 0.497 e. The van der Waals surface area contributed by atoms with Crippen molar-refractivity contribution < 1.29 is 4.74 Å². The van der Waals surface area contributed by atoms with Crippen LogP contribution < -0.4 is 10.1 Å². The molecule has 1 N–H and O–H groups in total. The maximum absolute atomic E-state index is 5.33. The molecule has 0 bridgehead atoms. The van der Waals surface area contributed by atoms with Crippen LogP contribution in [0.15, 0.2) is 53.4 Å². The molecule has 2 nitrogen and oxygen atoms in total. The summed E-state index contributed by atoms with van der Waals surface area (Å²) in [4.78, 5) is 1.27. The van der Waals surface area contributed by atoms with Gasteiger partial charge in [0, 0.05) is 16.2 Å². The Balaban J connectivity index is 1.82. The highest BCUT2D eigenvalue weighted by Crippen LogP contribution is 2.41. The first-order valence-corrected chi connectivity index (χ1v) is 8.31. The Hall–Kier alpha value is -1.45. The van der Waals surface area contributed by atoms with Gasteiger partial charge in [-0.1, -0.05) is 37.3 Å². The highest BCUT2D eigenvalue weighted by Gasteiger charge is 2.32. The predicted molar refractivity (Wildman–Crippen MR) is 89.2 cm³/mol. The van der Waals surface area contributed by atoms with E-state index in [0.717, 1.165) is 18.7 Å². The number of nitrogens with one attached hydrogen (secondary N) is 1. The minimum absolute atomic E-state index is 0.433. The molecule has 1 aliphatic carbocycles. The number of rotatable bonds is 5. The van der Waals surface area contributed by atoms with Crippen LogP contribution in [0.1, 0.15) is 24.1 Å². The van der Waals surface area contributed by atoms with Crippen LogP contribution in [0.5, 0.6) is 5.75 Å². The van der Waals surface area contributed by atoms with E-state index in [2.05, 4.69) is 54.7 Å². The number of fused-ring (bicyclic) bond motifs is 1. The molecule has 0 spiro atoms. The Morgan fingerprint density at radius 2 is 2.05 bits per heavy atom. The summed E-state index contributed by atoms with van der Waals surface area (Å²) >= 11 is 1.94. The van der Waals surface area contributed by atoms with Gasteiger partial charge in [-0.25, -0.2) is 0 Å². The van der Waals surface area contributed by atoms with Gasteiger partial charge in [-0.05, 0) is 42.3 Å². The van der Waals surface area contributed by atoms with Crippen molar-refractivity contribution in [2.45, 2.75) is 29.5 Å². The summed E-state index contributed by atoms with van der Waals surface area (Å²) in [5.41, 5.74) is 2.93. The van der Waals surface area contributed by atoms with E-state index in [1.165, 1.54) is 16.0 Å². The van der Waals surface area contributed by atoms with E-state index in [1.807, 2.05) is 17.8 Å². The van der Waals surface area contributed by atoms with Crippen molar-refractivity contribution in [3.05, 3.63) is 59.7 Å². The fourth-order valence-corrected chi connectivity index (χ4v) is 4.31. The third-order valence-corrected chi connectivity index (χ3v) is 5.20. The first-order valence-electron chi connectivity index (χ1n) is 7.43. The monoisotopic (exact) mass is 299 g/mol. The van der Waals surface area contributed by atoms with Crippen molar-refractivity contribution in [2.75, 3.05) is 13.7 Å². The van der Waals surface area contributed by atoms with Crippen LogP contribution >= 0.6 is 11.8 Å². The Labute approximate surface area is 130 Å². The number of hydrogen-bond donors (Lipinski definition) is 1. The van der Waals surface area contributed by atoms with Crippen LogP contribution in [-0.2, 0) is 6.42 Å². The molecule has 110 valence electrons. The summed E-state index contributed by atoms with van der Waals surface area (Å²) in [6.45, 7) is 3.17. The van der Waals surface area contributed by atoms with E-state index >= 15 is 0 Å². The highest BCUT2D eigenvalue weighted by atomic mass is 32.2. The second-order valence-electron chi connectivity index (χ2n) is 5.27. The van der Waals surface area contributed by atoms with Gasteiger partial charge in [-0.2, -0.15) is 0 Å². The fraction of sp³-hybridized carbons (Fsp3) is 0.333. The van der Waals surface area contributed by atoms with E-state index in [-0.39, 0.29) is 0 Å².